The highest BCUT2D eigenvalue weighted by Gasteiger charge is 2.18. The first-order chi connectivity index (χ1) is 18.7. The third-order valence-corrected chi connectivity index (χ3v) is 5.84. The van der Waals surface area contributed by atoms with Crippen LogP contribution in [0.25, 0.3) is 16.6 Å². The zero-order valence-corrected chi connectivity index (χ0v) is 22.6. The highest BCUT2D eigenvalue weighted by molar-refractivity contribution is 5.89. The molecule has 10 nitrogen and oxygen atoms in total. The van der Waals surface area contributed by atoms with Crippen molar-refractivity contribution in [3.63, 3.8) is 0 Å². The monoisotopic (exact) mass is 526 g/mol. The number of nitrogens with two attached hydrogens (primary N) is 2. The van der Waals surface area contributed by atoms with Gasteiger partial charge in [0.15, 0.2) is 12.1 Å². The van der Waals surface area contributed by atoms with Gasteiger partial charge in [0.1, 0.15) is 17.2 Å². The van der Waals surface area contributed by atoms with E-state index in [0.29, 0.717) is 46.5 Å². The first-order valence-electron chi connectivity index (χ1n) is 12.4. The standard InChI is InChI=1S/C21H22N4O.C8H12N4O/c1-14(22)12-13-16-8-7-11-18-19(16)21(26)25(17-9-5-4-6-10-17)20(24-18)15(2)23-3;1-3-4-10-8-6(5-13)7(9)11-12(8)2/h4-11,14-15,23H,22H2,1-3H3;3,5,10H,1,4H2,2H3,(H2,9,11). The number of nitrogens with zero attached hydrogens (tertiary/aromatic N) is 4. The van der Waals surface area contributed by atoms with Gasteiger partial charge in [-0.15, -0.1) is 6.58 Å². The number of aromatic nitrogens is 4. The lowest BCUT2D eigenvalue weighted by Gasteiger charge is -2.18. The molecular weight excluding hydrogens is 492 g/mol. The third kappa shape index (κ3) is 6.59. The number of nitrogens with one attached hydrogen (secondary N) is 2. The smallest absolute Gasteiger partial charge is 0.267 e. The van der Waals surface area contributed by atoms with Gasteiger partial charge in [0.2, 0.25) is 0 Å². The number of benzene rings is 2. The van der Waals surface area contributed by atoms with E-state index >= 15 is 0 Å². The number of aryl methyl sites for hydroxylation is 1. The maximum atomic E-state index is 13.4. The normalized spacial score (nSPS) is 11.9. The van der Waals surface area contributed by atoms with Gasteiger partial charge in [-0.05, 0) is 45.2 Å². The van der Waals surface area contributed by atoms with Crippen molar-refractivity contribution in [2.45, 2.75) is 25.9 Å². The predicted octanol–water partition coefficient (Wildman–Crippen LogP) is 2.78. The number of carbonyl (C=O) groups is 1. The summed E-state index contributed by atoms with van der Waals surface area (Å²) in [6.45, 7) is 7.92. The van der Waals surface area contributed by atoms with Gasteiger partial charge >= 0.3 is 0 Å². The van der Waals surface area contributed by atoms with E-state index in [0.717, 1.165) is 5.69 Å². The zero-order valence-electron chi connectivity index (χ0n) is 22.6. The summed E-state index contributed by atoms with van der Waals surface area (Å²) in [6.07, 6.45) is 2.38. The predicted molar refractivity (Wildman–Crippen MR) is 157 cm³/mol. The fourth-order valence-corrected chi connectivity index (χ4v) is 3.84. The topological polar surface area (TPSA) is 146 Å². The minimum atomic E-state index is -0.266. The van der Waals surface area contributed by atoms with Gasteiger partial charge in [-0.2, -0.15) is 5.10 Å². The molecule has 2 heterocycles. The number of anilines is 2. The summed E-state index contributed by atoms with van der Waals surface area (Å²) in [7, 11) is 3.57. The van der Waals surface area contributed by atoms with Gasteiger partial charge in [-0.25, -0.2) is 4.98 Å². The fraction of sp³-hybridized carbons (Fsp3) is 0.241. The van der Waals surface area contributed by atoms with Gasteiger partial charge in [-0.3, -0.25) is 18.8 Å². The first-order valence-corrected chi connectivity index (χ1v) is 12.4. The van der Waals surface area contributed by atoms with E-state index in [-0.39, 0.29) is 23.5 Å². The largest absolute Gasteiger partial charge is 0.382 e. The van der Waals surface area contributed by atoms with Crippen molar-refractivity contribution in [2.24, 2.45) is 12.8 Å². The number of aldehydes is 1. The van der Waals surface area contributed by atoms with Crippen LogP contribution in [0.2, 0.25) is 0 Å². The Balaban J connectivity index is 0.000000272. The Hall–Kier alpha value is -4.72. The van der Waals surface area contributed by atoms with Gasteiger partial charge < -0.3 is 22.1 Å². The van der Waals surface area contributed by atoms with Crippen LogP contribution in [-0.4, -0.2) is 45.3 Å². The maximum absolute atomic E-state index is 13.4. The number of hydrogen-bond donors (Lipinski definition) is 4. The number of nitrogen functional groups attached to an aromatic ring is 1. The first kappa shape index (κ1) is 28.8. The Bertz CT molecular complexity index is 1580. The summed E-state index contributed by atoms with van der Waals surface area (Å²) in [5.41, 5.74) is 13.6. The molecule has 4 rings (SSSR count). The molecule has 10 heteroatoms. The Morgan fingerprint density at radius 3 is 2.49 bits per heavy atom. The van der Waals surface area contributed by atoms with Crippen LogP contribution in [0.1, 0.15) is 41.6 Å². The molecule has 2 aromatic carbocycles. The molecule has 0 amide bonds. The quantitative estimate of drug-likeness (QED) is 0.163. The van der Waals surface area contributed by atoms with E-state index in [1.807, 2.05) is 69.4 Å². The van der Waals surface area contributed by atoms with Gasteiger partial charge in [0, 0.05) is 19.2 Å². The molecule has 4 aromatic rings. The van der Waals surface area contributed by atoms with Crippen LogP contribution in [0, 0.1) is 11.8 Å². The molecule has 2 aromatic heterocycles. The van der Waals surface area contributed by atoms with Crippen molar-refractivity contribution in [1.29, 1.82) is 0 Å². The molecular formula is C29H34N8O2. The number of fused-ring (bicyclic) bond motifs is 1. The van der Waals surface area contributed by atoms with E-state index in [1.165, 1.54) is 4.68 Å². The third-order valence-electron chi connectivity index (χ3n) is 5.84. The Labute approximate surface area is 227 Å². The molecule has 0 fully saturated rings. The second kappa shape index (κ2) is 13.2. The second-order valence-electron chi connectivity index (χ2n) is 8.77. The molecule has 0 saturated carbocycles. The van der Waals surface area contributed by atoms with E-state index < -0.39 is 0 Å². The molecule has 39 heavy (non-hydrogen) atoms. The van der Waals surface area contributed by atoms with Gasteiger partial charge in [0.05, 0.1) is 28.7 Å². The van der Waals surface area contributed by atoms with Crippen molar-refractivity contribution < 1.29 is 4.79 Å². The van der Waals surface area contributed by atoms with Crippen molar-refractivity contribution in [3.05, 3.63) is 88.5 Å². The van der Waals surface area contributed by atoms with E-state index in [9.17, 15) is 9.59 Å². The maximum Gasteiger partial charge on any atom is 0.267 e. The lowest BCUT2D eigenvalue weighted by atomic mass is 10.1. The molecule has 0 bridgehead atoms. The lowest BCUT2D eigenvalue weighted by Crippen LogP contribution is -2.29. The summed E-state index contributed by atoms with van der Waals surface area (Å²) in [4.78, 5) is 28.8. The zero-order chi connectivity index (χ0) is 28.5. The van der Waals surface area contributed by atoms with Crippen molar-refractivity contribution in [2.75, 3.05) is 24.6 Å². The number of rotatable bonds is 7. The Morgan fingerprint density at radius 2 is 1.87 bits per heavy atom. The molecule has 0 aliphatic rings. The molecule has 2 unspecified atom stereocenters. The number of hydrogen-bond acceptors (Lipinski definition) is 8. The van der Waals surface area contributed by atoms with Crippen LogP contribution in [0.15, 0.2) is 66.0 Å². The summed E-state index contributed by atoms with van der Waals surface area (Å²) < 4.78 is 3.18. The summed E-state index contributed by atoms with van der Waals surface area (Å²) in [5, 5.41) is 10.6. The van der Waals surface area contributed by atoms with E-state index in [4.69, 9.17) is 16.5 Å². The van der Waals surface area contributed by atoms with Gasteiger partial charge in [0.25, 0.3) is 5.56 Å². The average molecular weight is 527 g/mol. The minimum absolute atomic E-state index is 0.0916. The van der Waals surface area contributed by atoms with Crippen molar-refractivity contribution in [1.82, 2.24) is 24.6 Å². The van der Waals surface area contributed by atoms with Crippen LogP contribution >= 0.6 is 0 Å². The van der Waals surface area contributed by atoms with Crippen molar-refractivity contribution >= 4 is 28.8 Å². The molecule has 0 radical (unpaired) electrons. The summed E-state index contributed by atoms with van der Waals surface area (Å²) >= 11 is 0. The molecule has 202 valence electrons. The van der Waals surface area contributed by atoms with Crippen LogP contribution in [0.4, 0.5) is 11.6 Å². The fourth-order valence-electron chi connectivity index (χ4n) is 3.84. The molecule has 0 aliphatic heterocycles. The van der Waals surface area contributed by atoms with Crippen LogP contribution in [0.5, 0.6) is 0 Å². The molecule has 0 spiro atoms. The molecule has 6 N–H and O–H groups in total. The summed E-state index contributed by atoms with van der Waals surface area (Å²) in [5.74, 6) is 7.47. The van der Waals surface area contributed by atoms with Crippen LogP contribution in [0.3, 0.4) is 0 Å². The molecule has 0 aliphatic carbocycles. The Morgan fingerprint density at radius 1 is 1.15 bits per heavy atom. The van der Waals surface area contributed by atoms with E-state index in [1.54, 1.807) is 17.7 Å². The van der Waals surface area contributed by atoms with Crippen molar-refractivity contribution in [3.8, 4) is 17.5 Å². The van der Waals surface area contributed by atoms with Crippen LogP contribution < -0.4 is 27.7 Å². The second-order valence-corrected chi connectivity index (χ2v) is 8.77. The highest BCUT2D eigenvalue weighted by Crippen LogP contribution is 2.20. The molecule has 2 atom stereocenters. The Kier molecular flexibility index (Phi) is 9.75. The van der Waals surface area contributed by atoms with E-state index in [2.05, 4.69) is 34.2 Å². The minimum Gasteiger partial charge on any atom is -0.382 e. The number of carbonyl (C=O) groups excluding carboxylic acids is 1. The summed E-state index contributed by atoms with van der Waals surface area (Å²) in [6, 6.07) is 14.7. The SMILES string of the molecule is C=CCNc1c(C=O)c(N)nn1C.CNC(C)c1nc2cccc(C#CC(C)N)c2c(=O)n1-c1ccccc1. The highest BCUT2D eigenvalue weighted by atomic mass is 16.1. The average Bonchev–Trinajstić information content (AvgIpc) is 3.21. The van der Waals surface area contributed by atoms with Gasteiger partial charge in [-0.1, -0.05) is 42.2 Å². The van der Waals surface area contributed by atoms with Crippen LogP contribution in [-0.2, 0) is 7.05 Å². The molecule has 0 saturated heterocycles. The lowest BCUT2D eigenvalue weighted by molar-refractivity contribution is 0.112. The number of para-hydroxylation sites is 1.